The Morgan fingerprint density at radius 3 is 2.20 bits per heavy atom. The largest absolute Gasteiger partial charge is 0.457 e. The van der Waals surface area contributed by atoms with Gasteiger partial charge in [0.05, 0.1) is 0 Å². The summed E-state index contributed by atoms with van der Waals surface area (Å²) in [6.07, 6.45) is 0. The molecule has 0 bridgehead atoms. The van der Waals surface area contributed by atoms with Crippen LogP contribution in [0.5, 0.6) is 11.5 Å². The van der Waals surface area contributed by atoms with Gasteiger partial charge in [-0.05, 0) is 43.3 Å². The van der Waals surface area contributed by atoms with Gasteiger partial charge in [-0.1, -0.05) is 23.4 Å². The number of ether oxygens (including phenoxy) is 1. The molecule has 1 heterocycles. The van der Waals surface area contributed by atoms with E-state index in [0.717, 1.165) is 17.1 Å². The molecule has 0 unspecified atom stereocenters. The number of aryl methyl sites for hydroxylation is 1. The Balaban J connectivity index is 1.83. The predicted molar refractivity (Wildman–Crippen MR) is 77.6 cm³/mol. The Labute approximate surface area is 116 Å². The predicted octanol–water partition coefficient (Wildman–Crippen LogP) is 4.02. The number of hydrogen-bond donors (Lipinski definition) is 1. The standard InChI is InChI=1S/C16H14N2O2/c1-11-15(17)16(20-18-11)12-7-9-14(10-8-12)19-13-5-3-2-4-6-13/h2-10H,17H2,1H3. The molecule has 3 rings (SSSR count). The van der Waals surface area contributed by atoms with Crippen molar-refractivity contribution in [1.29, 1.82) is 0 Å². The first-order valence-electron chi connectivity index (χ1n) is 6.29. The fraction of sp³-hybridized carbons (Fsp3) is 0.0625. The van der Waals surface area contributed by atoms with Gasteiger partial charge in [0.15, 0.2) is 5.76 Å². The molecule has 0 aliphatic rings. The maximum atomic E-state index is 5.91. The lowest BCUT2D eigenvalue weighted by atomic mass is 10.1. The lowest BCUT2D eigenvalue weighted by Crippen LogP contribution is -1.88. The zero-order valence-corrected chi connectivity index (χ0v) is 11.0. The van der Waals surface area contributed by atoms with Crippen molar-refractivity contribution in [1.82, 2.24) is 5.16 Å². The van der Waals surface area contributed by atoms with Crippen molar-refractivity contribution in [3.63, 3.8) is 0 Å². The number of hydrogen-bond acceptors (Lipinski definition) is 4. The molecule has 0 atom stereocenters. The number of nitrogen functional groups attached to an aromatic ring is 1. The van der Waals surface area contributed by atoms with Crippen molar-refractivity contribution in [2.45, 2.75) is 6.92 Å². The van der Waals surface area contributed by atoms with Gasteiger partial charge >= 0.3 is 0 Å². The minimum atomic E-state index is 0.571. The van der Waals surface area contributed by atoms with Gasteiger partial charge in [-0.25, -0.2) is 0 Å². The van der Waals surface area contributed by atoms with Crippen LogP contribution in [0.25, 0.3) is 11.3 Å². The molecule has 100 valence electrons. The molecule has 2 aromatic carbocycles. The van der Waals surface area contributed by atoms with Crippen LogP contribution >= 0.6 is 0 Å². The van der Waals surface area contributed by atoms with E-state index in [1.807, 2.05) is 61.5 Å². The third-order valence-electron chi connectivity index (χ3n) is 3.00. The van der Waals surface area contributed by atoms with Crippen molar-refractivity contribution in [3.05, 3.63) is 60.3 Å². The van der Waals surface area contributed by atoms with E-state index in [-0.39, 0.29) is 0 Å². The van der Waals surface area contributed by atoms with Crippen molar-refractivity contribution in [3.8, 4) is 22.8 Å². The van der Waals surface area contributed by atoms with E-state index in [1.54, 1.807) is 0 Å². The van der Waals surface area contributed by atoms with Crippen LogP contribution in [0, 0.1) is 6.92 Å². The van der Waals surface area contributed by atoms with Crippen molar-refractivity contribution in [2.75, 3.05) is 5.73 Å². The van der Waals surface area contributed by atoms with Gasteiger partial charge < -0.3 is 15.0 Å². The molecule has 1 aromatic heterocycles. The second kappa shape index (κ2) is 5.09. The Morgan fingerprint density at radius 1 is 0.950 bits per heavy atom. The molecule has 0 aliphatic heterocycles. The molecule has 3 aromatic rings. The third-order valence-corrected chi connectivity index (χ3v) is 3.00. The number of benzene rings is 2. The highest BCUT2D eigenvalue weighted by molar-refractivity contribution is 5.72. The Bertz CT molecular complexity index is 703. The molecule has 4 heteroatoms. The van der Waals surface area contributed by atoms with E-state index in [9.17, 15) is 0 Å². The summed E-state index contributed by atoms with van der Waals surface area (Å²) in [6.45, 7) is 1.81. The minimum absolute atomic E-state index is 0.571. The van der Waals surface area contributed by atoms with Gasteiger partial charge in [0, 0.05) is 5.56 Å². The molecule has 0 amide bonds. The monoisotopic (exact) mass is 266 g/mol. The highest BCUT2D eigenvalue weighted by Gasteiger charge is 2.11. The molecular weight excluding hydrogens is 252 g/mol. The molecule has 2 N–H and O–H groups in total. The average molecular weight is 266 g/mol. The van der Waals surface area contributed by atoms with Gasteiger partial charge in [0.25, 0.3) is 0 Å². The Kier molecular flexibility index (Phi) is 3.13. The molecule has 0 saturated heterocycles. The number of nitrogens with two attached hydrogens (primary N) is 1. The Hall–Kier alpha value is -2.75. The molecule has 20 heavy (non-hydrogen) atoms. The third kappa shape index (κ3) is 2.36. The average Bonchev–Trinajstić information content (AvgIpc) is 2.81. The van der Waals surface area contributed by atoms with Crippen LogP contribution in [0.15, 0.2) is 59.1 Å². The summed E-state index contributed by atoms with van der Waals surface area (Å²) in [5.41, 5.74) is 8.06. The first kappa shape index (κ1) is 12.3. The first-order valence-corrected chi connectivity index (χ1v) is 6.29. The fourth-order valence-electron chi connectivity index (χ4n) is 1.88. The van der Waals surface area contributed by atoms with Crippen LogP contribution in [-0.2, 0) is 0 Å². The summed E-state index contributed by atoms with van der Waals surface area (Å²) in [4.78, 5) is 0. The highest BCUT2D eigenvalue weighted by atomic mass is 16.5. The minimum Gasteiger partial charge on any atom is -0.457 e. The number of para-hydroxylation sites is 1. The van der Waals surface area contributed by atoms with Gasteiger partial charge in [-0.2, -0.15) is 0 Å². The van der Waals surface area contributed by atoms with Crippen molar-refractivity contribution >= 4 is 5.69 Å². The second-order valence-corrected chi connectivity index (χ2v) is 4.45. The molecule has 0 spiro atoms. The van der Waals surface area contributed by atoms with Gasteiger partial charge in [0.2, 0.25) is 0 Å². The van der Waals surface area contributed by atoms with Crippen LogP contribution in [0.1, 0.15) is 5.69 Å². The van der Waals surface area contributed by atoms with Crippen LogP contribution in [-0.4, -0.2) is 5.16 Å². The lowest BCUT2D eigenvalue weighted by molar-refractivity contribution is 0.427. The van der Waals surface area contributed by atoms with E-state index >= 15 is 0 Å². The zero-order valence-electron chi connectivity index (χ0n) is 11.0. The fourth-order valence-corrected chi connectivity index (χ4v) is 1.88. The number of anilines is 1. The van der Waals surface area contributed by atoms with Gasteiger partial charge in [-0.3, -0.25) is 0 Å². The second-order valence-electron chi connectivity index (χ2n) is 4.45. The van der Waals surface area contributed by atoms with Crippen LogP contribution in [0.2, 0.25) is 0 Å². The number of aromatic nitrogens is 1. The first-order chi connectivity index (χ1) is 9.74. The van der Waals surface area contributed by atoms with E-state index in [0.29, 0.717) is 17.1 Å². The molecule has 0 radical (unpaired) electrons. The topological polar surface area (TPSA) is 61.3 Å². The summed E-state index contributed by atoms with van der Waals surface area (Å²) in [6, 6.07) is 17.2. The summed E-state index contributed by atoms with van der Waals surface area (Å²) in [5.74, 6) is 2.15. The number of rotatable bonds is 3. The quantitative estimate of drug-likeness (QED) is 0.777. The summed E-state index contributed by atoms with van der Waals surface area (Å²) in [7, 11) is 0. The van der Waals surface area contributed by atoms with Crippen LogP contribution in [0.4, 0.5) is 5.69 Å². The van der Waals surface area contributed by atoms with Crippen LogP contribution < -0.4 is 10.5 Å². The van der Waals surface area contributed by atoms with E-state index in [2.05, 4.69) is 5.16 Å². The van der Waals surface area contributed by atoms with Crippen molar-refractivity contribution in [2.24, 2.45) is 0 Å². The normalized spacial score (nSPS) is 10.4. The van der Waals surface area contributed by atoms with E-state index in [1.165, 1.54) is 0 Å². The van der Waals surface area contributed by atoms with Gasteiger partial charge in [0.1, 0.15) is 22.9 Å². The van der Waals surface area contributed by atoms with E-state index < -0.39 is 0 Å². The lowest BCUT2D eigenvalue weighted by Gasteiger charge is -2.05. The molecule has 4 nitrogen and oxygen atoms in total. The molecule has 0 fully saturated rings. The number of nitrogens with zero attached hydrogens (tertiary/aromatic N) is 1. The maximum Gasteiger partial charge on any atom is 0.189 e. The summed E-state index contributed by atoms with van der Waals surface area (Å²) < 4.78 is 11.0. The van der Waals surface area contributed by atoms with E-state index in [4.69, 9.17) is 15.0 Å². The van der Waals surface area contributed by atoms with Crippen molar-refractivity contribution < 1.29 is 9.26 Å². The molecule has 0 aliphatic carbocycles. The maximum absolute atomic E-state index is 5.91. The smallest absolute Gasteiger partial charge is 0.189 e. The zero-order chi connectivity index (χ0) is 13.9. The molecule has 0 saturated carbocycles. The summed E-state index contributed by atoms with van der Waals surface area (Å²) in [5, 5.41) is 3.85. The SMILES string of the molecule is Cc1noc(-c2ccc(Oc3ccccc3)cc2)c1N. The summed E-state index contributed by atoms with van der Waals surface area (Å²) >= 11 is 0. The highest BCUT2D eigenvalue weighted by Crippen LogP contribution is 2.30. The Morgan fingerprint density at radius 2 is 1.60 bits per heavy atom. The van der Waals surface area contributed by atoms with Gasteiger partial charge in [-0.15, -0.1) is 0 Å². The molecular formula is C16H14N2O2. The van der Waals surface area contributed by atoms with Crippen LogP contribution in [0.3, 0.4) is 0 Å².